The lowest BCUT2D eigenvalue weighted by molar-refractivity contribution is 0.0274. The summed E-state index contributed by atoms with van der Waals surface area (Å²) in [4.78, 5) is 29.7. The van der Waals surface area contributed by atoms with E-state index in [1.807, 2.05) is 25.7 Å². The first-order valence-electron chi connectivity index (χ1n) is 15.4. The first-order chi connectivity index (χ1) is 19.5. The van der Waals surface area contributed by atoms with Gasteiger partial charge < -0.3 is 15.0 Å². The van der Waals surface area contributed by atoms with E-state index in [2.05, 4.69) is 21.0 Å². The van der Waals surface area contributed by atoms with E-state index >= 15 is 0 Å². The Morgan fingerprint density at radius 3 is 2.22 bits per heavy atom. The summed E-state index contributed by atoms with van der Waals surface area (Å²) in [6.07, 6.45) is 11.5. The Morgan fingerprint density at radius 1 is 0.976 bits per heavy atom. The minimum Gasteiger partial charge on any atom is -0.444 e. The van der Waals surface area contributed by atoms with Gasteiger partial charge in [0.25, 0.3) is 10.0 Å². The number of urea groups is 1. The zero-order valence-corrected chi connectivity index (χ0v) is 25.4. The maximum atomic E-state index is 12.9. The number of hydrogen-bond donors (Lipinski definition) is 2. The number of anilines is 1. The molecule has 1 aromatic carbocycles. The maximum absolute atomic E-state index is 12.9. The highest BCUT2D eigenvalue weighted by Gasteiger charge is 2.46. The lowest BCUT2D eigenvalue weighted by atomic mass is 9.99. The summed E-state index contributed by atoms with van der Waals surface area (Å²) < 4.78 is 33.6. The summed E-state index contributed by atoms with van der Waals surface area (Å²) in [5, 5.41) is 4.09. The molecule has 2 N–H and O–H groups in total. The molecule has 2 saturated heterocycles. The molecule has 0 radical (unpaired) electrons. The molecule has 5 aliphatic rings. The van der Waals surface area contributed by atoms with Gasteiger partial charge in [0.1, 0.15) is 5.60 Å². The predicted octanol–water partition coefficient (Wildman–Crippen LogP) is 4.74. The smallest absolute Gasteiger partial charge is 0.410 e. The minimum absolute atomic E-state index is 0.0288. The van der Waals surface area contributed by atoms with Gasteiger partial charge in [-0.2, -0.15) is 0 Å². The van der Waals surface area contributed by atoms with Gasteiger partial charge in [-0.25, -0.2) is 22.7 Å². The number of nitrogens with one attached hydrogen (secondary N) is 2. The van der Waals surface area contributed by atoms with Gasteiger partial charge in [-0.05, 0) is 126 Å². The van der Waals surface area contributed by atoms with Crippen LogP contribution < -0.4 is 10.0 Å². The number of fused-ring (bicyclic) bond motifs is 3. The van der Waals surface area contributed by atoms with Gasteiger partial charge in [-0.3, -0.25) is 4.90 Å². The minimum atomic E-state index is -3.94. The molecule has 224 valence electrons. The van der Waals surface area contributed by atoms with Crippen LogP contribution in [-0.4, -0.2) is 67.7 Å². The van der Waals surface area contributed by atoms with Crippen molar-refractivity contribution < 1.29 is 22.7 Å². The summed E-state index contributed by atoms with van der Waals surface area (Å²) in [6.45, 7) is 8.06. The second-order valence-electron chi connectivity index (χ2n) is 13.6. The molecule has 3 atom stereocenters. The Balaban J connectivity index is 1.04. The molecule has 0 spiro atoms. The summed E-state index contributed by atoms with van der Waals surface area (Å²) in [5.74, 6) is 0.903. The fraction of sp³-hybridized carbons (Fsp3) is 0.677. The van der Waals surface area contributed by atoms with Crippen molar-refractivity contribution in [2.75, 3.05) is 25.0 Å². The highest BCUT2D eigenvalue weighted by molar-refractivity contribution is 7.92. The van der Waals surface area contributed by atoms with Crippen LogP contribution in [0.2, 0.25) is 0 Å². The molecule has 3 fully saturated rings. The molecule has 1 saturated carbocycles. The van der Waals surface area contributed by atoms with Gasteiger partial charge in [-0.15, -0.1) is 0 Å². The predicted molar refractivity (Wildman–Crippen MR) is 158 cm³/mol. The number of amides is 3. The highest BCUT2D eigenvalue weighted by Crippen LogP contribution is 2.43. The van der Waals surface area contributed by atoms with E-state index in [1.165, 1.54) is 27.7 Å². The Hall–Kier alpha value is -2.59. The van der Waals surface area contributed by atoms with Crippen molar-refractivity contribution in [3.63, 3.8) is 0 Å². The third kappa shape index (κ3) is 6.14. The zero-order chi connectivity index (χ0) is 28.9. The van der Waals surface area contributed by atoms with Crippen LogP contribution in [0.5, 0.6) is 0 Å². The van der Waals surface area contributed by atoms with Crippen LogP contribution in [0, 0.1) is 11.8 Å². The Kier molecular flexibility index (Phi) is 7.59. The average molecular weight is 585 g/mol. The van der Waals surface area contributed by atoms with Crippen molar-refractivity contribution in [3.05, 3.63) is 39.8 Å². The molecule has 1 aromatic rings. The number of sulfonamides is 1. The Bertz CT molecular complexity index is 1300. The van der Waals surface area contributed by atoms with E-state index in [1.54, 1.807) is 6.08 Å². The van der Waals surface area contributed by atoms with E-state index in [0.29, 0.717) is 17.9 Å². The molecule has 2 aliphatic heterocycles. The SMILES string of the molecule is CC(C)(C)OC(=O)N1CC2CC(N3CCC[C@@H]3/C=C/S(=O)(=O)NC(=O)Nc3c4c(cc5c3CCC5)CCC4)CC2C1. The van der Waals surface area contributed by atoms with Crippen LogP contribution in [0.3, 0.4) is 0 Å². The summed E-state index contributed by atoms with van der Waals surface area (Å²) in [5.41, 5.74) is 5.27. The van der Waals surface area contributed by atoms with Crippen LogP contribution in [-0.2, 0) is 40.4 Å². The summed E-state index contributed by atoms with van der Waals surface area (Å²) in [7, 11) is -3.94. The van der Waals surface area contributed by atoms with Crippen molar-refractivity contribution in [3.8, 4) is 0 Å². The molecule has 2 unspecified atom stereocenters. The molecular formula is C31H44N4O5S. The fourth-order valence-corrected chi connectivity index (χ4v) is 8.72. The molecule has 6 rings (SSSR count). The molecule has 0 bridgehead atoms. The number of carbonyl (C=O) groups excluding carboxylic acids is 2. The average Bonchev–Trinajstić information content (AvgIpc) is 3.68. The second-order valence-corrected chi connectivity index (χ2v) is 15.2. The van der Waals surface area contributed by atoms with Gasteiger partial charge in [0, 0.05) is 36.3 Å². The van der Waals surface area contributed by atoms with Crippen LogP contribution in [0.15, 0.2) is 17.6 Å². The Morgan fingerprint density at radius 2 is 1.61 bits per heavy atom. The second kappa shape index (κ2) is 10.9. The van der Waals surface area contributed by atoms with Crippen LogP contribution in [0.1, 0.15) is 81.5 Å². The number of hydrogen-bond acceptors (Lipinski definition) is 6. The first kappa shape index (κ1) is 28.5. The molecule has 2 heterocycles. The topological polar surface area (TPSA) is 108 Å². The van der Waals surface area contributed by atoms with Crippen molar-refractivity contribution in [1.82, 2.24) is 14.5 Å². The van der Waals surface area contributed by atoms with Crippen molar-refractivity contribution >= 4 is 27.8 Å². The maximum Gasteiger partial charge on any atom is 0.410 e. The molecule has 3 amide bonds. The number of carbonyl (C=O) groups is 2. The van der Waals surface area contributed by atoms with E-state index in [-0.39, 0.29) is 12.1 Å². The number of nitrogens with zero attached hydrogens (tertiary/aromatic N) is 2. The molecule has 9 nitrogen and oxygen atoms in total. The highest BCUT2D eigenvalue weighted by atomic mass is 32.2. The lowest BCUT2D eigenvalue weighted by Gasteiger charge is -2.30. The van der Waals surface area contributed by atoms with Gasteiger partial charge in [0.2, 0.25) is 0 Å². The monoisotopic (exact) mass is 584 g/mol. The molecule has 41 heavy (non-hydrogen) atoms. The largest absolute Gasteiger partial charge is 0.444 e. The van der Waals surface area contributed by atoms with Crippen molar-refractivity contribution in [2.24, 2.45) is 11.8 Å². The van der Waals surface area contributed by atoms with E-state index in [4.69, 9.17) is 4.74 Å². The van der Waals surface area contributed by atoms with Crippen molar-refractivity contribution in [2.45, 2.75) is 103 Å². The van der Waals surface area contributed by atoms with Gasteiger partial charge in [-0.1, -0.05) is 12.1 Å². The number of likely N-dealkylation sites (tertiary alicyclic amines) is 2. The number of rotatable bonds is 5. The van der Waals surface area contributed by atoms with Crippen LogP contribution >= 0.6 is 0 Å². The Labute approximate surface area is 244 Å². The van der Waals surface area contributed by atoms with Crippen molar-refractivity contribution in [1.29, 1.82) is 0 Å². The van der Waals surface area contributed by atoms with E-state index in [9.17, 15) is 18.0 Å². The van der Waals surface area contributed by atoms with Crippen LogP contribution in [0.25, 0.3) is 0 Å². The van der Waals surface area contributed by atoms with Crippen LogP contribution in [0.4, 0.5) is 15.3 Å². The standard InChI is InChI=1S/C31H44N4O5S/c1-31(2,3)40-30(37)34-18-22-16-25(17-23(22)19-34)35-13-6-9-24(35)12-14-41(38,39)33-29(36)32-28-26-10-4-7-20(26)15-21-8-5-11-27(21)28/h12,14-15,22-25H,4-11,13,16-19H2,1-3H3,(H2,32,33,36)/b14-12+/t22?,23?,24-,25?/m1/s1. The van der Waals surface area contributed by atoms with Gasteiger partial charge in [0.05, 0.1) is 0 Å². The first-order valence-corrected chi connectivity index (χ1v) is 16.9. The molecule has 10 heteroatoms. The number of benzene rings is 1. The quantitative estimate of drug-likeness (QED) is 0.518. The molecule has 0 aromatic heterocycles. The summed E-state index contributed by atoms with van der Waals surface area (Å²) in [6, 6.07) is 2.01. The molecular weight excluding hydrogens is 540 g/mol. The molecule has 3 aliphatic carbocycles. The third-order valence-corrected chi connectivity index (χ3v) is 10.6. The number of aryl methyl sites for hydroxylation is 2. The number of ether oxygens (including phenoxy) is 1. The summed E-state index contributed by atoms with van der Waals surface area (Å²) >= 11 is 0. The van der Waals surface area contributed by atoms with E-state index < -0.39 is 21.7 Å². The van der Waals surface area contributed by atoms with Gasteiger partial charge in [0.15, 0.2) is 0 Å². The van der Waals surface area contributed by atoms with E-state index in [0.717, 1.165) is 89.5 Å². The fourth-order valence-electron chi connectivity index (χ4n) is 7.95. The third-order valence-electron chi connectivity index (χ3n) is 9.62. The normalized spacial score (nSPS) is 27.7. The van der Waals surface area contributed by atoms with Gasteiger partial charge >= 0.3 is 12.1 Å². The lowest BCUT2D eigenvalue weighted by Crippen LogP contribution is -2.40. The zero-order valence-electron chi connectivity index (χ0n) is 24.6.